The summed E-state index contributed by atoms with van der Waals surface area (Å²) in [6.45, 7) is 11.7. The number of esters is 1. The summed E-state index contributed by atoms with van der Waals surface area (Å²) in [5.74, 6) is -1.97. The normalized spacial score (nSPS) is 13.3. The fourth-order valence-electron chi connectivity index (χ4n) is 6.38. The fraction of sp³-hybridized carbons (Fsp3) is 0.955. The van der Waals surface area contributed by atoms with Crippen molar-refractivity contribution in [2.75, 3.05) is 66.1 Å². The number of carboxylic acid groups (broad SMARTS) is 1. The molecule has 0 aliphatic rings. The zero-order valence-corrected chi connectivity index (χ0v) is 36.0. The predicted octanol–water partition coefficient (Wildman–Crippen LogP) is 9.97. The number of hydrogen-bond donors (Lipinski definition) is 2. The first-order chi connectivity index (χ1) is 26.8. The lowest BCUT2D eigenvalue weighted by Gasteiger charge is -2.31. The van der Waals surface area contributed by atoms with Gasteiger partial charge in [0, 0.05) is 6.42 Å². The van der Waals surface area contributed by atoms with Gasteiger partial charge in [-0.15, -0.1) is 0 Å². The van der Waals surface area contributed by atoms with Gasteiger partial charge in [-0.2, -0.15) is 0 Å². The molecule has 0 saturated carbocycles. The third kappa shape index (κ3) is 38.0. The molecule has 55 heavy (non-hydrogen) atoms. The first-order valence-corrected chi connectivity index (χ1v) is 22.4. The number of carbonyl (C=O) groups is 2. The van der Waals surface area contributed by atoms with Crippen LogP contribution in [0.3, 0.4) is 0 Å². The highest BCUT2D eigenvalue weighted by Crippen LogP contribution is 2.21. The van der Waals surface area contributed by atoms with Crippen LogP contribution in [-0.2, 0) is 42.7 Å². The molecule has 0 rings (SSSR count). The second-order valence-corrected chi connectivity index (χ2v) is 15.2. The summed E-state index contributed by atoms with van der Waals surface area (Å²) >= 11 is 0. The summed E-state index contributed by atoms with van der Waals surface area (Å²) in [6, 6.07) is 0. The number of rotatable bonds is 45. The van der Waals surface area contributed by atoms with Crippen molar-refractivity contribution in [3.63, 3.8) is 0 Å². The molecule has 0 saturated heterocycles. The zero-order valence-electron chi connectivity index (χ0n) is 36.0. The number of hydrogen-bond acceptors (Lipinski definition) is 10. The van der Waals surface area contributed by atoms with E-state index in [9.17, 15) is 14.7 Å². The fourth-order valence-corrected chi connectivity index (χ4v) is 6.38. The molecule has 0 spiro atoms. The van der Waals surface area contributed by atoms with Crippen LogP contribution in [0.4, 0.5) is 0 Å². The van der Waals surface area contributed by atoms with Crippen molar-refractivity contribution in [3.8, 4) is 0 Å². The van der Waals surface area contributed by atoms with E-state index < -0.39 is 17.9 Å². The molecule has 2 unspecified atom stereocenters. The van der Waals surface area contributed by atoms with Crippen molar-refractivity contribution >= 4 is 11.9 Å². The van der Waals surface area contributed by atoms with Crippen molar-refractivity contribution in [1.82, 2.24) is 0 Å². The van der Waals surface area contributed by atoms with E-state index in [2.05, 4.69) is 20.8 Å². The van der Waals surface area contributed by atoms with Gasteiger partial charge in [0.1, 0.15) is 12.7 Å². The van der Waals surface area contributed by atoms with E-state index >= 15 is 0 Å². The molecule has 0 amide bonds. The van der Waals surface area contributed by atoms with Gasteiger partial charge in [-0.05, 0) is 51.9 Å². The molecule has 328 valence electrons. The Balaban J connectivity index is 4.65. The van der Waals surface area contributed by atoms with Crippen LogP contribution >= 0.6 is 0 Å². The maximum Gasteiger partial charge on any atom is 0.306 e. The Labute approximate surface area is 336 Å². The third-order valence-electron chi connectivity index (χ3n) is 9.72. The molecule has 0 aromatic heterocycles. The number of unbranched alkanes of at least 4 members (excludes halogenated alkanes) is 16. The summed E-state index contributed by atoms with van der Waals surface area (Å²) in [7, 11) is 0. The molecule has 0 fully saturated rings. The van der Waals surface area contributed by atoms with Crippen molar-refractivity contribution in [3.05, 3.63) is 0 Å². The van der Waals surface area contributed by atoms with Crippen LogP contribution in [-0.4, -0.2) is 106 Å². The lowest BCUT2D eigenvalue weighted by Crippen LogP contribution is -2.40. The average molecular weight is 791 g/mol. The number of ether oxygens (including phenoxy) is 7. The van der Waals surface area contributed by atoms with Crippen LogP contribution in [0.5, 0.6) is 0 Å². The summed E-state index contributed by atoms with van der Waals surface area (Å²) in [5, 5.41) is 18.2. The molecule has 0 radical (unpaired) electrons. The predicted molar refractivity (Wildman–Crippen MR) is 220 cm³/mol. The second kappa shape index (κ2) is 40.8. The van der Waals surface area contributed by atoms with Gasteiger partial charge in [0.15, 0.2) is 5.79 Å². The lowest BCUT2D eigenvalue weighted by molar-refractivity contribution is -0.260. The SMILES string of the molecule is CCCCCCCCC(CCCCCCCC)OC(=O)CCCCCCCOC(C)(COC(CCCCC)CC(=O)O)OCCOCCOCCOCCO. The van der Waals surface area contributed by atoms with Gasteiger partial charge in [0.2, 0.25) is 0 Å². The molecule has 0 aliphatic heterocycles. The Bertz CT molecular complexity index is 814. The summed E-state index contributed by atoms with van der Waals surface area (Å²) in [6.07, 6.45) is 25.4. The lowest BCUT2D eigenvalue weighted by atomic mass is 10.0. The molecule has 2 N–H and O–H groups in total. The minimum atomic E-state index is -1.04. The van der Waals surface area contributed by atoms with Gasteiger partial charge in [0.05, 0.1) is 72.0 Å². The van der Waals surface area contributed by atoms with Crippen LogP contribution < -0.4 is 0 Å². The molecule has 0 heterocycles. The maximum atomic E-state index is 12.8. The molecule has 0 aromatic rings. The Morgan fingerprint density at radius 1 is 0.527 bits per heavy atom. The molecule has 0 aromatic carbocycles. The Hall–Kier alpha value is -1.34. The molecule has 2 atom stereocenters. The van der Waals surface area contributed by atoms with Crippen molar-refractivity contribution in [2.24, 2.45) is 0 Å². The van der Waals surface area contributed by atoms with Crippen LogP contribution in [0.1, 0.15) is 188 Å². The quantitative estimate of drug-likeness (QED) is 0.0346. The molecule has 11 nitrogen and oxygen atoms in total. The van der Waals surface area contributed by atoms with Crippen LogP contribution in [0.15, 0.2) is 0 Å². The summed E-state index contributed by atoms with van der Waals surface area (Å²) < 4.78 is 40.7. The number of aliphatic hydroxyl groups excluding tert-OH is 1. The van der Waals surface area contributed by atoms with E-state index in [1.807, 2.05) is 6.92 Å². The van der Waals surface area contributed by atoms with E-state index in [0.29, 0.717) is 59.1 Å². The van der Waals surface area contributed by atoms with Gasteiger partial charge in [-0.1, -0.05) is 124 Å². The minimum absolute atomic E-state index is 0.00543. The van der Waals surface area contributed by atoms with E-state index in [-0.39, 0.29) is 38.3 Å². The number of carboxylic acids is 1. The van der Waals surface area contributed by atoms with Crippen LogP contribution in [0.25, 0.3) is 0 Å². The topological polar surface area (TPSA) is 139 Å². The first-order valence-electron chi connectivity index (χ1n) is 22.4. The third-order valence-corrected chi connectivity index (χ3v) is 9.72. The van der Waals surface area contributed by atoms with E-state index in [0.717, 1.165) is 77.0 Å². The van der Waals surface area contributed by atoms with Gasteiger partial charge >= 0.3 is 11.9 Å². The van der Waals surface area contributed by atoms with Gasteiger partial charge < -0.3 is 43.4 Å². The van der Waals surface area contributed by atoms with E-state index in [1.165, 1.54) is 64.2 Å². The van der Waals surface area contributed by atoms with Crippen molar-refractivity contribution in [1.29, 1.82) is 0 Å². The standard InChI is InChI=1S/C44H86O11/c1-5-8-11-13-16-21-25-40(26-22-17-14-12-9-6-2)55-43(48)28-23-18-15-19-24-30-53-44(4,39-52-41(38-42(46)47)27-20-10-7-3)54-37-36-51-35-34-50-33-32-49-31-29-45/h40-41,45H,5-39H2,1-4H3,(H,46,47). The van der Waals surface area contributed by atoms with E-state index in [4.69, 9.17) is 38.3 Å². The van der Waals surface area contributed by atoms with Crippen LogP contribution in [0.2, 0.25) is 0 Å². The number of aliphatic hydroxyl groups is 1. The highest BCUT2D eigenvalue weighted by Gasteiger charge is 2.29. The highest BCUT2D eigenvalue weighted by molar-refractivity contribution is 5.69. The Morgan fingerprint density at radius 2 is 0.964 bits per heavy atom. The molecular weight excluding hydrogens is 704 g/mol. The maximum absolute atomic E-state index is 12.8. The molecule has 11 heteroatoms. The van der Waals surface area contributed by atoms with Gasteiger partial charge in [-0.3, -0.25) is 9.59 Å². The average Bonchev–Trinajstić information content (AvgIpc) is 3.16. The van der Waals surface area contributed by atoms with Gasteiger partial charge in [0.25, 0.3) is 0 Å². The Morgan fingerprint density at radius 3 is 1.53 bits per heavy atom. The number of carbonyl (C=O) groups excluding carboxylic acids is 1. The zero-order chi connectivity index (χ0) is 40.5. The minimum Gasteiger partial charge on any atom is -0.481 e. The summed E-state index contributed by atoms with van der Waals surface area (Å²) in [5.41, 5.74) is 0. The number of aliphatic carboxylic acids is 1. The Kier molecular flexibility index (Phi) is 39.8. The first kappa shape index (κ1) is 53.7. The molecule has 0 aliphatic carbocycles. The van der Waals surface area contributed by atoms with E-state index in [1.54, 1.807) is 0 Å². The monoisotopic (exact) mass is 791 g/mol. The van der Waals surface area contributed by atoms with Crippen molar-refractivity contribution < 1.29 is 53.0 Å². The highest BCUT2D eigenvalue weighted by atomic mass is 16.7. The largest absolute Gasteiger partial charge is 0.481 e. The van der Waals surface area contributed by atoms with Crippen molar-refractivity contribution in [2.45, 2.75) is 206 Å². The van der Waals surface area contributed by atoms with Gasteiger partial charge in [-0.25, -0.2) is 0 Å². The van der Waals surface area contributed by atoms with Crippen LogP contribution in [0, 0.1) is 0 Å². The molecular formula is C44H86O11. The summed E-state index contributed by atoms with van der Waals surface area (Å²) in [4.78, 5) is 24.3. The molecule has 0 bridgehead atoms. The second-order valence-electron chi connectivity index (χ2n) is 15.2. The smallest absolute Gasteiger partial charge is 0.306 e.